The Morgan fingerprint density at radius 2 is 1.82 bits per heavy atom. The molecule has 1 aliphatic heterocycles. The number of fused-ring (bicyclic) bond motifs is 1. The smallest absolute Gasteiger partial charge is 0.255 e. The molecule has 1 N–H and O–H groups in total. The van der Waals surface area contributed by atoms with Crippen LogP contribution in [0, 0.1) is 0 Å². The molecule has 17 heavy (non-hydrogen) atoms. The van der Waals surface area contributed by atoms with Crippen molar-refractivity contribution in [3.63, 3.8) is 0 Å². The quantitative estimate of drug-likeness (QED) is 0.869. The van der Waals surface area contributed by atoms with Gasteiger partial charge in [0.1, 0.15) is 5.66 Å². The van der Waals surface area contributed by atoms with Crippen LogP contribution in [-0.4, -0.2) is 18.1 Å². The van der Waals surface area contributed by atoms with Crippen molar-refractivity contribution in [1.29, 1.82) is 0 Å². The van der Waals surface area contributed by atoms with Crippen LogP contribution in [0.4, 0.5) is 5.69 Å². The third-order valence-corrected chi connectivity index (χ3v) is 3.79. The number of amides is 1. The van der Waals surface area contributed by atoms with Gasteiger partial charge in [0.25, 0.3) is 5.91 Å². The van der Waals surface area contributed by atoms with E-state index in [4.69, 9.17) is 0 Å². The molecule has 0 aromatic heterocycles. The second kappa shape index (κ2) is 4.40. The number of nitrogens with one attached hydrogen (secondary N) is 1. The standard InChI is InChI=1S/C14H20N2O/c1-4-14(5-2)15-13(17)11-9-7-8-10-12(11)16(14)6-3/h7-10H,4-6H2,1-3H3,(H,15,17). The molecule has 3 heteroatoms. The van der Waals surface area contributed by atoms with E-state index in [1.807, 2.05) is 24.3 Å². The maximum atomic E-state index is 12.1. The molecule has 0 radical (unpaired) electrons. The molecule has 1 aliphatic rings. The molecule has 1 aromatic carbocycles. The lowest BCUT2D eigenvalue weighted by Gasteiger charge is -2.48. The molecular weight excluding hydrogens is 212 g/mol. The fourth-order valence-corrected chi connectivity index (χ4v) is 2.76. The van der Waals surface area contributed by atoms with Crippen molar-refractivity contribution in [3.8, 4) is 0 Å². The lowest BCUT2D eigenvalue weighted by molar-refractivity contribution is 0.0872. The molecule has 1 amide bonds. The number of nitrogens with zero attached hydrogens (tertiary/aromatic N) is 1. The Kier molecular flexibility index (Phi) is 3.09. The van der Waals surface area contributed by atoms with Crippen LogP contribution in [0.1, 0.15) is 44.0 Å². The summed E-state index contributed by atoms with van der Waals surface area (Å²) in [6, 6.07) is 7.84. The van der Waals surface area contributed by atoms with Crippen molar-refractivity contribution >= 4 is 11.6 Å². The van der Waals surface area contributed by atoms with Gasteiger partial charge in [0.15, 0.2) is 0 Å². The normalized spacial score (nSPS) is 17.6. The molecule has 0 spiro atoms. The van der Waals surface area contributed by atoms with E-state index in [0.29, 0.717) is 0 Å². The lowest BCUT2D eigenvalue weighted by atomic mass is 9.94. The van der Waals surface area contributed by atoms with E-state index in [2.05, 4.69) is 31.0 Å². The fourth-order valence-electron chi connectivity index (χ4n) is 2.76. The molecule has 1 aromatic rings. The van der Waals surface area contributed by atoms with Gasteiger partial charge in [-0.2, -0.15) is 0 Å². The van der Waals surface area contributed by atoms with E-state index in [1.54, 1.807) is 0 Å². The molecule has 2 rings (SSSR count). The lowest BCUT2D eigenvalue weighted by Crippen LogP contribution is -2.63. The Morgan fingerprint density at radius 3 is 2.41 bits per heavy atom. The van der Waals surface area contributed by atoms with Crippen LogP contribution < -0.4 is 10.2 Å². The van der Waals surface area contributed by atoms with Crippen molar-refractivity contribution in [2.75, 3.05) is 11.4 Å². The molecule has 1 heterocycles. The van der Waals surface area contributed by atoms with Gasteiger partial charge >= 0.3 is 0 Å². The van der Waals surface area contributed by atoms with E-state index >= 15 is 0 Å². The number of hydrogen-bond donors (Lipinski definition) is 1. The van der Waals surface area contributed by atoms with Crippen molar-refractivity contribution in [2.45, 2.75) is 39.3 Å². The number of para-hydroxylation sites is 1. The average molecular weight is 232 g/mol. The molecule has 0 atom stereocenters. The SMILES string of the molecule is CCN1c2ccccc2C(=O)NC1(CC)CC. The minimum absolute atomic E-state index is 0.0500. The van der Waals surface area contributed by atoms with Crippen LogP contribution in [0.3, 0.4) is 0 Å². The first-order chi connectivity index (χ1) is 8.18. The third-order valence-electron chi connectivity index (χ3n) is 3.79. The maximum Gasteiger partial charge on any atom is 0.255 e. The zero-order valence-corrected chi connectivity index (χ0v) is 10.8. The highest BCUT2D eigenvalue weighted by Crippen LogP contribution is 2.34. The molecule has 0 bridgehead atoms. The molecular formula is C14H20N2O. The van der Waals surface area contributed by atoms with E-state index in [9.17, 15) is 4.79 Å². The summed E-state index contributed by atoms with van der Waals surface area (Å²) in [5, 5.41) is 3.17. The molecule has 0 saturated heterocycles. The van der Waals surface area contributed by atoms with Gasteiger partial charge in [-0.25, -0.2) is 0 Å². The number of anilines is 1. The first kappa shape index (κ1) is 12.0. The number of hydrogen-bond acceptors (Lipinski definition) is 2. The van der Waals surface area contributed by atoms with Gasteiger partial charge in [-0.05, 0) is 31.9 Å². The van der Waals surface area contributed by atoms with Crippen molar-refractivity contribution in [3.05, 3.63) is 29.8 Å². The van der Waals surface area contributed by atoms with Gasteiger partial charge in [0.2, 0.25) is 0 Å². The van der Waals surface area contributed by atoms with Crippen molar-refractivity contribution in [1.82, 2.24) is 5.32 Å². The van der Waals surface area contributed by atoms with Gasteiger partial charge in [-0.15, -0.1) is 0 Å². The van der Waals surface area contributed by atoms with Crippen LogP contribution in [0.25, 0.3) is 0 Å². The second-order valence-corrected chi connectivity index (χ2v) is 4.45. The summed E-state index contributed by atoms with van der Waals surface area (Å²) in [6.45, 7) is 7.29. The minimum atomic E-state index is -0.222. The molecule has 3 nitrogen and oxygen atoms in total. The van der Waals surface area contributed by atoms with Gasteiger partial charge in [0, 0.05) is 6.54 Å². The summed E-state index contributed by atoms with van der Waals surface area (Å²) >= 11 is 0. The highest BCUT2D eigenvalue weighted by atomic mass is 16.2. The fraction of sp³-hybridized carbons (Fsp3) is 0.500. The van der Waals surface area contributed by atoms with Crippen LogP contribution in [0.5, 0.6) is 0 Å². The van der Waals surface area contributed by atoms with Crippen LogP contribution >= 0.6 is 0 Å². The predicted octanol–water partition coefficient (Wildman–Crippen LogP) is 2.77. The van der Waals surface area contributed by atoms with Crippen LogP contribution in [-0.2, 0) is 0 Å². The zero-order chi connectivity index (χ0) is 12.5. The van der Waals surface area contributed by atoms with Crippen molar-refractivity contribution in [2.24, 2.45) is 0 Å². The Balaban J connectivity index is 2.55. The number of rotatable bonds is 3. The van der Waals surface area contributed by atoms with E-state index < -0.39 is 0 Å². The monoisotopic (exact) mass is 232 g/mol. The summed E-state index contributed by atoms with van der Waals surface area (Å²) in [5.74, 6) is 0.0500. The van der Waals surface area contributed by atoms with Gasteiger partial charge in [-0.3, -0.25) is 4.79 Å². The van der Waals surface area contributed by atoms with Gasteiger partial charge in [0.05, 0.1) is 11.3 Å². The number of benzene rings is 1. The Bertz CT molecular complexity index is 424. The first-order valence-electron chi connectivity index (χ1n) is 6.37. The predicted molar refractivity (Wildman–Crippen MR) is 70.2 cm³/mol. The molecule has 0 saturated carbocycles. The molecule has 0 aliphatic carbocycles. The van der Waals surface area contributed by atoms with Crippen LogP contribution in [0.2, 0.25) is 0 Å². The topological polar surface area (TPSA) is 32.3 Å². The molecule has 0 unspecified atom stereocenters. The van der Waals surface area contributed by atoms with Crippen molar-refractivity contribution < 1.29 is 4.79 Å². The maximum absolute atomic E-state index is 12.1. The summed E-state index contributed by atoms with van der Waals surface area (Å²) < 4.78 is 0. The minimum Gasteiger partial charge on any atom is -0.348 e. The average Bonchev–Trinajstić information content (AvgIpc) is 2.38. The largest absolute Gasteiger partial charge is 0.348 e. The highest BCUT2D eigenvalue weighted by Gasteiger charge is 2.40. The number of carbonyl (C=O) groups is 1. The first-order valence-corrected chi connectivity index (χ1v) is 6.37. The number of carbonyl (C=O) groups excluding carboxylic acids is 1. The molecule has 0 fully saturated rings. The van der Waals surface area contributed by atoms with E-state index in [-0.39, 0.29) is 11.6 Å². The summed E-state index contributed by atoms with van der Waals surface area (Å²) in [6.07, 6.45) is 1.83. The zero-order valence-electron chi connectivity index (χ0n) is 10.8. The Hall–Kier alpha value is -1.51. The summed E-state index contributed by atoms with van der Waals surface area (Å²) in [5.41, 5.74) is 1.62. The summed E-state index contributed by atoms with van der Waals surface area (Å²) in [7, 11) is 0. The van der Waals surface area contributed by atoms with E-state index in [1.165, 1.54) is 0 Å². The third kappa shape index (κ3) is 1.70. The van der Waals surface area contributed by atoms with E-state index in [0.717, 1.165) is 30.6 Å². The highest BCUT2D eigenvalue weighted by molar-refractivity contribution is 6.02. The Labute approximate surface area is 103 Å². The Morgan fingerprint density at radius 1 is 1.18 bits per heavy atom. The van der Waals surface area contributed by atoms with Gasteiger partial charge < -0.3 is 10.2 Å². The van der Waals surface area contributed by atoms with Crippen LogP contribution in [0.15, 0.2) is 24.3 Å². The molecule has 92 valence electrons. The summed E-state index contributed by atoms with van der Waals surface area (Å²) in [4.78, 5) is 14.5. The second-order valence-electron chi connectivity index (χ2n) is 4.45. The van der Waals surface area contributed by atoms with Gasteiger partial charge in [-0.1, -0.05) is 26.0 Å².